The minimum absolute atomic E-state index is 0.0387. The number of nitrogens with zero attached hydrogens (tertiary/aromatic N) is 4. The highest BCUT2D eigenvalue weighted by molar-refractivity contribution is 7.99. The molecule has 0 spiro atoms. The summed E-state index contributed by atoms with van der Waals surface area (Å²) in [7, 11) is 0. The summed E-state index contributed by atoms with van der Waals surface area (Å²) in [5, 5.41) is 13.4. The molecule has 0 atom stereocenters. The largest absolute Gasteiger partial charge is 0.343 e. The average molecular weight is 363 g/mol. The summed E-state index contributed by atoms with van der Waals surface area (Å²) in [6, 6.07) is 5.62. The minimum Gasteiger partial charge on any atom is -0.343 e. The van der Waals surface area contributed by atoms with Crippen LogP contribution in [-0.2, 0) is 4.79 Å². The van der Waals surface area contributed by atoms with Gasteiger partial charge in [0.2, 0.25) is 11.1 Å². The van der Waals surface area contributed by atoms with Gasteiger partial charge in [0, 0.05) is 13.1 Å². The molecular formula is C15H17N5O2S2. The van der Waals surface area contributed by atoms with Crippen molar-refractivity contribution in [3.8, 4) is 10.6 Å². The molecule has 0 unspecified atom stereocenters. The number of carbonyl (C=O) groups excluding carboxylic acids is 1. The molecule has 3 rings (SSSR count). The van der Waals surface area contributed by atoms with Crippen molar-refractivity contribution < 1.29 is 4.79 Å². The number of thiophene rings is 1. The number of amides is 1. The molecular weight excluding hydrogens is 346 g/mol. The van der Waals surface area contributed by atoms with Gasteiger partial charge in [-0.15, -0.1) is 16.4 Å². The number of H-pyrrole nitrogens is 1. The maximum absolute atomic E-state index is 12.2. The molecule has 24 heavy (non-hydrogen) atoms. The van der Waals surface area contributed by atoms with E-state index in [1.807, 2.05) is 31.4 Å². The van der Waals surface area contributed by atoms with Crippen molar-refractivity contribution in [3.05, 3.63) is 33.9 Å². The fraction of sp³-hybridized carbons (Fsp3) is 0.333. The number of fused-ring (bicyclic) bond motifs is 1. The number of aromatic amines is 1. The van der Waals surface area contributed by atoms with Crippen molar-refractivity contribution in [2.24, 2.45) is 0 Å². The van der Waals surface area contributed by atoms with E-state index < -0.39 is 0 Å². The van der Waals surface area contributed by atoms with E-state index in [4.69, 9.17) is 0 Å². The maximum Gasteiger partial charge on any atom is 0.290 e. The zero-order valence-electron chi connectivity index (χ0n) is 13.4. The Morgan fingerprint density at radius 1 is 1.42 bits per heavy atom. The number of carbonyl (C=O) groups is 1. The van der Waals surface area contributed by atoms with Gasteiger partial charge in [-0.3, -0.25) is 9.59 Å². The van der Waals surface area contributed by atoms with Gasteiger partial charge in [0.25, 0.3) is 5.56 Å². The van der Waals surface area contributed by atoms with Gasteiger partial charge in [-0.05, 0) is 31.4 Å². The van der Waals surface area contributed by atoms with Crippen LogP contribution in [0.2, 0.25) is 0 Å². The van der Waals surface area contributed by atoms with E-state index in [0.717, 1.165) is 10.6 Å². The minimum atomic E-state index is -0.301. The molecule has 3 aromatic rings. The molecule has 0 aliphatic rings. The predicted molar refractivity (Wildman–Crippen MR) is 95.6 cm³/mol. The molecule has 0 saturated heterocycles. The number of aromatic nitrogens is 4. The zero-order chi connectivity index (χ0) is 17.1. The summed E-state index contributed by atoms with van der Waals surface area (Å²) in [5.41, 5.74) is 0.844. The van der Waals surface area contributed by atoms with Crippen molar-refractivity contribution in [1.29, 1.82) is 0 Å². The first-order valence-electron chi connectivity index (χ1n) is 7.57. The van der Waals surface area contributed by atoms with Crippen LogP contribution in [0, 0.1) is 0 Å². The van der Waals surface area contributed by atoms with Gasteiger partial charge >= 0.3 is 0 Å². The number of thioether (sulfide) groups is 1. The Morgan fingerprint density at radius 3 is 2.88 bits per heavy atom. The van der Waals surface area contributed by atoms with Gasteiger partial charge in [0.1, 0.15) is 11.2 Å². The molecule has 0 aromatic carbocycles. The Morgan fingerprint density at radius 2 is 2.21 bits per heavy atom. The molecule has 7 nitrogen and oxygen atoms in total. The normalized spacial score (nSPS) is 11.1. The van der Waals surface area contributed by atoms with Crippen LogP contribution in [0.15, 0.2) is 33.5 Å². The molecule has 1 N–H and O–H groups in total. The van der Waals surface area contributed by atoms with E-state index >= 15 is 0 Å². The van der Waals surface area contributed by atoms with Crippen LogP contribution in [0.5, 0.6) is 0 Å². The van der Waals surface area contributed by atoms with Crippen molar-refractivity contribution in [2.75, 3.05) is 18.8 Å². The van der Waals surface area contributed by atoms with Crippen LogP contribution in [0.3, 0.4) is 0 Å². The lowest BCUT2D eigenvalue weighted by Crippen LogP contribution is -2.32. The van der Waals surface area contributed by atoms with E-state index in [2.05, 4.69) is 15.3 Å². The van der Waals surface area contributed by atoms with Crippen LogP contribution >= 0.6 is 23.1 Å². The Labute approximate surface area is 146 Å². The molecule has 9 heteroatoms. The fourth-order valence-corrected chi connectivity index (χ4v) is 3.81. The molecule has 0 aliphatic heterocycles. The molecule has 0 saturated carbocycles. The first-order chi connectivity index (χ1) is 11.6. The molecule has 126 valence electrons. The van der Waals surface area contributed by atoms with Gasteiger partial charge in [0.15, 0.2) is 0 Å². The average Bonchev–Trinajstić information content (AvgIpc) is 3.25. The highest BCUT2D eigenvalue weighted by atomic mass is 32.2. The fourth-order valence-electron chi connectivity index (χ4n) is 2.32. The Hall–Kier alpha value is -2.13. The molecule has 3 heterocycles. The van der Waals surface area contributed by atoms with Gasteiger partial charge in [0.05, 0.1) is 10.6 Å². The first-order valence-corrected chi connectivity index (χ1v) is 9.43. The third kappa shape index (κ3) is 3.22. The van der Waals surface area contributed by atoms with Crippen molar-refractivity contribution in [1.82, 2.24) is 24.7 Å². The third-order valence-corrected chi connectivity index (χ3v) is 5.40. The Kier molecular flexibility index (Phi) is 5.00. The van der Waals surface area contributed by atoms with Crippen LogP contribution in [0.1, 0.15) is 13.8 Å². The highest BCUT2D eigenvalue weighted by Gasteiger charge is 2.15. The van der Waals surface area contributed by atoms with E-state index in [0.29, 0.717) is 23.8 Å². The Balaban J connectivity index is 1.90. The second-order valence-electron chi connectivity index (χ2n) is 4.99. The van der Waals surface area contributed by atoms with Gasteiger partial charge < -0.3 is 4.90 Å². The van der Waals surface area contributed by atoms with E-state index in [1.54, 1.807) is 22.3 Å². The first kappa shape index (κ1) is 16.7. The molecule has 0 radical (unpaired) electrons. The number of hydrogen-bond donors (Lipinski definition) is 1. The van der Waals surface area contributed by atoms with Crippen LogP contribution < -0.4 is 5.56 Å². The van der Waals surface area contributed by atoms with Gasteiger partial charge in [-0.25, -0.2) is 9.61 Å². The van der Waals surface area contributed by atoms with Crippen LogP contribution in [0.25, 0.3) is 16.1 Å². The smallest absolute Gasteiger partial charge is 0.290 e. The predicted octanol–water partition coefficient (Wildman–Crippen LogP) is 2.11. The SMILES string of the molecule is CCN(CC)C(=O)CSc1n[nH]c(=O)c2cc(-c3cccs3)nn12. The lowest BCUT2D eigenvalue weighted by molar-refractivity contribution is -0.127. The number of rotatable bonds is 6. The zero-order valence-corrected chi connectivity index (χ0v) is 15.0. The Bertz CT molecular complexity index is 896. The molecule has 0 bridgehead atoms. The summed E-state index contributed by atoms with van der Waals surface area (Å²) >= 11 is 2.82. The van der Waals surface area contributed by atoms with Crippen LogP contribution in [-0.4, -0.2) is 49.5 Å². The highest BCUT2D eigenvalue weighted by Crippen LogP contribution is 2.25. The van der Waals surface area contributed by atoms with Crippen molar-refractivity contribution >= 4 is 34.5 Å². The van der Waals surface area contributed by atoms with E-state index in [-0.39, 0.29) is 17.2 Å². The van der Waals surface area contributed by atoms with E-state index in [1.165, 1.54) is 16.3 Å². The topological polar surface area (TPSA) is 83.4 Å². The summed E-state index contributed by atoms with van der Waals surface area (Å²) in [6.07, 6.45) is 0. The quantitative estimate of drug-likeness (QED) is 0.678. The van der Waals surface area contributed by atoms with Gasteiger partial charge in [-0.2, -0.15) is 5.10 Å². The second kappa shape index (κ2) is 7.18. The molecule has 1 amide bonds. The summed E-state index contributed by atoms with van der Waals surface area (Å²) < 4.78 is 1.51. The van der Waals surface area contributed by atoms with Crippen LogP contribution in [0.4, 0.5) is 0 Å². The summed E-state index contributed by atoms with van der Waals surface area (Å²) in [6.45, 7) is 5.25. The van der Waals surface area contributed by atoms with Gasteiger partial charge in [-0.1, -0.05) is 17.8 Å². The monoisotopic (exact) mass is 363 g/mol. The maximum atomic E-state index is 12.2. The van der Waals surface area contributed by atoms with Crippen molar-refractivity contribution in [2.45, 2.75) is 19.0 Å². The standard InChI is InChI=1S/C15H17N5O2S2/c1-3-19(4-2)13(21)9-24-15-17-16-14(22)11-8-10(18-20(11)15)12-6-5-7-23-12/h5-8H,3-4,9H2,1-2H3,(H,16,22). The summed E-state index contributed by atoms with van der Waals surface area (Å²) in [4.78, 5) is 26.9. The second-order valence-corrected chi connectivity index (χ2v) is 6.88. The third-order valence-electron chi connectivity index (χ3n) is 3.59. The lowest BCUT2D eigenvalue weighted by atomic mass is 10.3. The van der Waals surface area contributed by atoms with Crippen molar-refractivity contribution in [3.63, 3.8) is 0 Å². The summed E-state index contributed by atoms with van der Waals surface area (Å²) in [5.74, 6) is 0.293. The number of nitrogens with one attached hydrogen (secondary N) is 1. The lowest BCUT2D eigenvalue weighted by Gasteiger charge is -2.17. The molecule has 0 aliphatic carbocycles. The number of hydrogen-bond acceptors (Lipinski definition) is 6. The molecule has 3 aromatic heterocycles. The molecule has 0 fully saturated rings. The van der Waals surface area contributed by atoms with E-state index in [9.17, 15) is 9.59 Å².